The Morgan fingerprint density at radius 1 is 1.40 bits per heavy atom. The molecule has 0 N–H and O–H groups in total. The van der Waals surface area contributed by atoms with Crippen LogP contribution in [0.15, 0.2) is 29.0 Å². The molecule has 0 aliphatic rings. The first kappa shape index (κ1) is 10.2. The van der Waals surface area contributed by atoms with E-state index >= 15 is 0 Å². The zero-order valence-electron chi connectivity index (χ0n) is 8.40. The van der Waals surface area contributed by atoms with E-state index in [0.29, 0.717) is 5.15 Å². The van der Waals surface area contributed by atoms with Crippen LogP contribution in [-0.2, 0) is 12.8 Å². The molecule has 2 rings (SSSR count). The van der Waals surface area contributed by atoms with Gasteiger partial charge in [0.1, 0.15) is 16.7 Å². The smallest absolute Gasteiger partial charge is 0.135 e. The lowest BCUT2D eigenvalue weighted by Crippen LogP contribution is -1.98. The molecule has 0 spiro atoms. The summed E-state index contributed by atoms with van der Waals surface area (Å²) in [6.45, 7) is 1.89. The Morgan fingerprint density at radius 2 is 2.27 bits per heavy atom. The molecule has 3 nitrogen and oxygen atoms in total. The zero-order chi connectivity index (χ0) is 10.7. The summed E-state index contributed by atoms with van der Waals surface area (Å²) in [6.07, 6.45) is 4.95. The molecule has 78 valence electrons. The maximum Gasteiger partial charge on any atom is 0.135 e. The monoisotopic (exact) mass is 222 g/mol. The minimum Gasteiger partial charge on any atom is -0.469 e. The van der Waals surface area contributed by atoms with Gasteiger partial charge in [-0.2, -0.15) is 0 Å². The van der Waals surface area contributed by atoms with Crippen molar-refractivity contribution in [2.24, 2.45) is 0 Å². The van der Waals surface area contributed by atoms with E-state index in [4.69, 9.17) is 16.0 Å². The van der Waals surface area contributed by atoms with Crippen LogP contribution in [0, 0.1) is 6.92 Å². The van der Waals surface area contributed by atoms with Crippen molar-refractivity contribution in [3.8, 4) is 0 Å². The molecule has 0 saturated heterocycles. The molecule has 0 aromatic carbocycles. The highest BCUT2D eigenvalue weighted by Crippen LogP contribution is 2.11. The van der Waals surface area contributed by atoms with Crippen LogP contribution in [0.2, 0.25) is 5.15 Å². The molecule has 2 heterocycles. The normalized spacial score (nSPS) is 10.5. The van der Waals surface area contributed by atoms with Crippen molar-refractivity contribution in [3.05, 3.63) is 46.9 Å². The summed E-state index contributed by atoms with van der Waals surface area (Å²) in [4.78, 5) is 8.39. The zero-order valence-corrected chi connectivity index (χ0v) is 9.16. The third kappa shape index (κ3) is 2.57. The molecule has 0 amide bonds. The first-order valence-corrected chi connectivity index (χ1v) is 5.14. The molecule has 0 unspecified atom stereocenters. The maximum absolute atomic E-state index is 5.90. The van der Waals surface area contributed by atoms with Crippen LogP contribution in [0.3, 0.4) is 0 Å². The molecule has 0 fully saturated rings. The largest absolute Gasteiger partial charge is 0.469 e. The standard InChI is InChI=1S/C11H11ClN2O/c1-8-7-13-10(14-11(8)12)5-4-9-3-2-6-15-9/h2-3,6-7H,4-5H2,1H3. The van der Waals surface area contributed by atoms with Gasteiger partial charge in [-0.3, -0.25) is 0 Å². The van der Waals surface area contributed by atoms with Gasteiger partial charge in [-0.25, -0.2) is 9.97 Å². The van der Waals surface area contributed by atoms with Gasteiger partial charge in [-0.1, -0.05) is 11.6 Å². The average molecular weight is 223 g/mol. The fourth-order valence-corrected chi connectivity index (χ4v) is 1.41. The van der Waals surface area contributed by atoms with Gasteiger partial charge in [0.15, 0.2) is 0 Å². The number of hydrogen-bond acceptors (Lipinski definition) is 3. The minimum absolute atomic E-state index is 0.527. The molecule has 2 aromatic heterocycles. The predicted molar refractivity (Wildman–Crippen MR) is 57.9 cm³/mol. The fraction of sp³-hybridized carbons (Fsp3) is 0.273. The van der Waals surface area contributed by atoms with Crippen LogP contribution in [0.1, 0.15) is 17.1 Å². The van der Waals surface area contributed by atoms with Gasteiger partial charge in [-0.05, 0) is 19.1 Å². The molecule has 2 aromatic rings. The lowest BCUT2D eigenvalue weighted by atomic mass is 10.2. The van der Waals surface area contributed by atoms with Gasteiger partial charge >= 0.3 is 0 Å². The van der Waals surface area contributed by atoms with Crippen LogP contribution in [0.4, 0.5) is 0 Å². The van der Waals surface area contributed by atoms with Crippen molar-refractivity contribution in [1.82, 2.24) is 9.97 Å². The molecular weight excluding hydrogens is 212 g/mol. The third-order valence-corrected chi connectivity index (χ3v) is 2.52. The second kappa shape index (κ2) is 4.45. The second-order valence-corrected chi connectivity index (χ2v) is 3.70. The van der Waals surface area contributed by atoms with Gasteiger partial charge in [0, 0.05) is 24.6 Å². The number of nitrogens with zero attached hydrogens (tertiary/aromatic N) is 2. The molecule has 0 saturated carbocycles. The Hall–Kier alpha value is -1.35. The number of aryl methyl sites for hydroxylation is 3. The summed E-state index contributed by atoms with van der Waals surface area (Å²) in [6, 6.07) is 3.81. The van der Waals surface area contributed by atoms with Crippen molar-refractivity contribution in [1.29, 1.82) is 0 Å². The van der Waals surface area contributed by atoms with Gasteiger partial charge < -0.3 is 4.42 Å². The first-order chi connectivity index (χ1) is 7.25. The summed E-state index contributed by atoms with van der Waals surface area (Å²) in [5, 5.41) is 0.527. The van der Waals surface area contributed by atoms with Crippen molar-refractivity contribution < 1.29 is 4.42 Å². The van der Waals surface area contributed by atoms with Gasteiger partial charge in [0.05, 0.1) is 6.26 Å². The third-order valence-electron chi connectivity index (χ3n) is 2.13. The number of hydrogen-bond donors (Lipinski definition) is 0. The van der Waals surface area contributed by atoms with E-state index in [2.05, 4.69) is 9.97 Å². The Kier molecular flexibility index (Phi) is 3.02. The predicted octanol–water partition coefficient (Wildman–Crippen LogP) is 2.82. The summed E-state index contributed by atoms with van der Waals surface area (Å²) in [7, 11) is 0. The summed E-state index contributed by atoms with van der Waals surface area (Å²) >= 11 is 5.90. The van der Waals surface area contributed by atoms with Gasteiger partial charge in [-0.15, -0.1) is 0 Å². The Morgan fingerprint density at radius 3 is 2.93 bits per heavy atom. The van der Waals surface area contributed by atoms with Gasteiger partial charge in [0.25, 0.3) is 0 Å². The molecule has 0 aliphatic heterocycles. The van der Waals surface area contributed by atoms with E-state index in [1.807, 2.05) is 19.1 Å². The maximum atomic E-state index is 5.90. The van der Waals surface area contributed by atoms with Crippen molar-refractivity contribution in [2.45, 2.75) is 19.8 Å². The summed E-state index contributed by atoms with van der Waals surface area (Å²) in [5.74, 6) is 1.69. The SMILES string of the molecule is Cc1cnc(CCc2ccco2)nc1Cl. The number of aromatic nitrogens is 2. The topological polar surface area (TPSA) is 38.9 Å². The molecule has 4 heteroatoms. The van der Waals surface area contributed by atoms with Crippen LogP contribution in [-0.4, -0.2) is 9.97 Å². The molecule has 0 aliphatic carbocycles. The molecule has 0 bridgehead atoms. The number of furan rings is 1. The summed E-state index contributed by atoms with van der Waals surface area (Å²) < 4.78 is 5.22. The van der Waals surface area contributed by atoms with Crippen LogP contribution in [0.5, 0.6) is 0 Å². The summed E-state index contributed by atoms with van der Waals surface area (Å²) in [5.41, 5.74) is 0.901. The van der Waals surface area contributed by atoms with E-state index in [0.717, 1.165) is 30.0 Å². The molecule has 15 heavy (non-hydrogen) atoms. The quantitative estimate of drug-likeness (QED) is 0.750. The second-order valence-electron chi connectivity index (χ2n) is 3.34. The molecule has 0 radical (unpaired) electrons. The van der Waals surface area contributed by atoms with Crippen molar-refractivity contribution >= 4 is 11.6 Å². The highest BCUT2D eigenvalue weighted by molar-refractivity contribution is 6.30. The van der Waals surface area contributed by atoms with E-state index in [-0.39, 0.29) is 0 Å². The highest BCUT2D eigenvalue weighted by atomic mass is 35.5. The number of halogens is 1. The van der Waals surface area contributed by atoms with Crippen LogP contribution >= 0.6 is 11.6 Å². The Balaban J connectivity index is 2.02. The molecule has 0 atom stereocenters. The van der Waals surface area contributed by atoms with E-state index < -0.39 is 0 Å². The Labute approximate surface area is 93.1 Å². The Bertz CT molecular complexity index is 440. The molecular formula is C11H11ClN2O. The minimum atomic E-state index is 0.527. The van der Waals surface area contributed by atoms with Crippen LogP contribution in [0.25, 0.3) is 0 Å². The average Bonchev–Trinajstić information content (AvgIpc) is 2.73. The van der Waals surface area contributed by atoms with Crippen LogP contribution < -0.4 is 0 Å². The van der Waals surface area contributed by atoms with Gasteiger partial charge in [0.2, 0.25) is 0 Å². The van der Waals surface area contributed by atoms with Crippen molar-refractivity contribution in [2.75, 3.05) is 0 Å². The first-order valence-electron chi connectivity index (χ1n) is 4.76. The number of rotatable bonds is 3. The van der Waals surface area contributed by atoms with Crippen molar-refractivity contribution in [3.63, 3.8) is 0 Å². The highest BCUT2D eigenvalue weighted by Gasteiger charge is 2.03. The van der Waals surface area contributed by atoms with E-state index in [9.17, 15) is 0 Å². The van der Waals surface area contributed by atoms with E-state index in [1.54, 1.807) is 12.5 Å². The fourth-order valence-electron chi connectivity index (χ4n) is 1.27. The lowest BCUT2D eigenvalue weighted by molar-refractivity contribution is 0.506. The van der Waals surface area contributed by atoms with E-state index in [1.165, 1.54) is 0 Å². The lowest BCUT2D eigenvalue weighted by Gasteiger charge is -2.00.